The third kappa shape index (κ3) is 7.32. The molecule has 0 unspecified atom stereocenters. The Balaban J connectivity index is 0.979. The molecule has 0 fully saturated rings. The van der Waals surface area contributed by atoms with Crippen LogP contribution in [0.1, 0.15) is 0 Å². The third-order valence-corrected chi connectivity index (χ3v) is 16.9. The van der Waals surface area contributed by atoms with Gasteiger partial charge in [0.05, 0.1) is 0 Å². The lowest BCUT2D eigenvalue weighted by Gasteiger charge is -2.28. The van der Waals surface area contributed by atoms with E-state index < -0.39 is 0 Å². The molecule has 17 aromatic rings. The van der Waals surface area contributed by atoms with E-state index in [0.717, 1.165) is 99.5 Å². The molecule has 4 heteroatoms. The minimum atomic E-state index is 0.844. The van der Waals surface area contributed by atoms with E-state index in [4.69, 9.17) is 8.83 Å². The summed E-state index contributed by atoms with van der Waals surface area (Å²) in [7, 11) is 0. The topological polar surface area (TPSA) is 32.8 Å². The van der Waals surface area contributed by atoms with Crippen LogP contribution in [0.25, 0.3) is 131 Å². The van der Waals surface area contributed by atoms with E-state index in [-0.39, 0.29) is 0 Å². The number of fused-ring (bicyclic) bond motifs is 12. The first kappa shape index (κ1) is 46.0. The maximum atomic E-state index is 6.62. The molecule has 15 aromatic carbocycles. The number of benzene rings is 15. The van der Waals surface area contributed by atoms with Crippen molar-refractivity contribution in [3.05, 3.63) is 291 Å². The highest BCUT2D eigenvalue weighted by Gasteiger charge is 2.25. The van der Waals surface area contributed by atoms with Gasteiger partial charge in [-0.2, -0.15) is 0 Å². The molecule has 4 nitrogen and oxygen atoms in total. The van der Waals surface area contributed by atoms with Crippen LogP contribution in [0.3, 0.4) is 0 Å². The zero-order chi connectivity index (χ0) is 53.8. The summed E-state index contributed by atoms with van der Waals surface area (Å²) >= 11 is 0. The van der Waals surface area contributed by atoms with Crippen LogP contribution in [0.4, 0.5) is 34.1 Å². The summed E-state index contributed by atoms with van der Waals surface area (Å²) in [6.45, 7) is 0. The van der Waals surface area contributed by atoms with Crippen molar-refractivity contribution < 1.29 is 8.83 Å². The van der Waals surface area contributed by atoms with Gasteiger partial charge < -0.3 is 18.6 Å². The largest absolute Gasteiger partial charge is 0.456 e. The van der Waals surface area contributed by atoms with E-state index in [2.05, 4.69) is 289 Å². The number of rotatable bonds is 8. The predicted octanol–water partition coefficient (Wildman–Crippen LogP) is 22.7. The summed E-state index contributed by atoms with van der Waals surface area (Å²) in [5.41, 5.74) is 14.3. The minimum Gasteiger partial charge on any atom is -0.456 e. The molecule has 0 atom stereocenters. The van der Waals surface area contributed by atoms with E-state index in [1.165, 1.54) is 65.3 Å². The zero-order valence-electron chi connectivity index (χ0n) is 44.4. The van der Waals surface area contributed by atoms with Gasteiger partial charge in [0.1, 0.15) is 22.3 Å². The van der Waals surface area contributed by atoms with Gasteiger partial charge in [-0.25, -0.2) is 0 Å². The Hall–Kier alpha value is -10.9. The standard InChI is InChI=1S/C78H48N2O2/c1-3-19-53-43-55(33-31-49(53)15-1)79(59-35-39-65-63-25-9-11-29-73(63)81-75(65)47-59)57-37-41-69-71(45-57)77(67-27-13-21-51-17-5-7-23-61(51)67)70-42-38-58(46-72(70)78(69)68-28-14-22-52-18-6-8-24-62(52)68)80(56-34-32-50-16-2-4-20-54(50)44-56)60-36-40-66-64-26-10-12-30-74(64)82-76(66)48-60/h1-48H. The van der Waals surface area contributed by atoms with Gasteiger partial charge >= 0.3 is 0 Å². The Morgan fingerprint density at radius 2 is 0.500 bits per heavy atom. The highest BCUT2D eigenvalue weighted by atomic mass is 16.3. The van der Waals surface area contributed by atoms with E-state index in [9.17, 15) is 0 Å². The first-order valence-corrected chi connectivity index (χ1v) is 28.0. The molecule has 82 heavy (non-hydrogen) atoms. The summed E-state index contributed by atoms with van der Waals surface area (Å²) in [5, 5.41) is 18.5. The minimum absolute atomic E-state index is 0.844. The van der Waals surface area contributed by atoms with Gasteiger partial charge in [0, 0.05) is 67.8 Å². The average Bonchev–Trinajstić information content (AvgIpc) is 2.30. The maximum absolute atomic E-state index is 6.62. The molecule has 2 aromatic heterocycles. The molecule has 2 heterocycles. The Bertz CT molecular complexity index is 5100. The molecule has 0 N–H and O–H groups in total. The first-order chi connectivity index (χ1) is 40.6. The van der Waals surface area contributed by atoms with Crippen molar-refractivity contribution in [1.29, 1.82) is 0 Å². The molecular formula is C78H48N2O2. The van der Waals surface area contributed by atoms with Crippen molar-refractivity contribution in [2.24, 2.45) is 0 Å². The molecule has 17 rings (SSSR count). The van der Waals surface area contributed by atoms with Gasteiger partial charge in [0.15, 0.2) is 0 Å². The van der Waals surface area contributed by atoms with Gasteiger partial charge in [0.25, 0.3) is 0 Å². The maximum Gasteiger partial charge on any atom is 0.137 e. The second kappa shape index (κ2) is 18.3. The summed E-state index contributed by atoms with van der Waals surface area (Å²) in [6.07, 6.45) is 0. The number of anilines is 6. The lowest BCUT2D eigenvalue weighted by Crippen LogP contribution is -2.10. The molecule has 0 bridgehead atoms. The number of hydrogen-bond acceptors (Lipinski definition) is 4. The van der Waals surface area contributed by atoms with Crippen LogP contribution in [-0.2, 0) is 0 Å². The summed E-state index contributed by atoms with van der Waals surface area (Å²) in [5.74, 6) is 0. The van der Waals surface area contributed by atoms with Crippen LogP contribution in [0.15, 0.2) is 300 Å². The number of para-hydroxylation sites is 2. The summed E-state index contributed by atoms with van der Waals surface area (Å²) < 4.78 is 13.2. The van der Waals surface area contributed by atoms with E-state index in [1.807, 2.05) is 12.1 Å². The Morgan fingerprint density at radius 3 is 0.951 bits per heavy atom. The molecule has 0 aliphatic rings. The Labute approximate surface area is 472 Å². The van der Waals surface area contributed by atoms with Crippen LogP contribution in [0.5, 0.6) is 0 Å². The molecule has 0 spiro atoms. The zero-order valence-corrected chi connectivity index (χ0v) is 44.4. The molecule has 0 aliphatic carbocycles. The Morgan fingerprint density at radius 1 is 0.183 bits per heavy atom. The van der Waals surface area contributed by atoms with Gasteiger partial charge in [0.2, 0.25) is 0 Å². The number of furan rings is 2. The van der Waals surface area contributed by atoms with Crippen molar-refractivity contribution in [2.45, 2.75) is 0 Å². The second-order valence-corrected chi connectivity index (χ2v) is 21.6. The van der Waals surface area contributed by atoms with E-state index >= 15 is 0 Å². The second-order valence-electron chi connectivity index (χ2n) is 21.6. The fraction of sp³-hybridized carbons (Fsp3) is 0. The van der Waals surface area contributed by atoms with Gasteiger partial charge in [-0.15, -0.1) is 0 Å². The smallest absolute Gasteiger partial charge is 0.137 e. The third-order valence-electron chi connectivity index (χ3n) is 16.9. The van der Waals surface area contributed by atoms with Crippen LogP contribution >= 0.6 is 0 Å². The molecule has 382 valence electrons. The lowest BCUT2D eigenvalue weighted by atomic mass is 9.83. The van der Waals surface area contributed by atoms with Gasteiger partial charge in [-0.3, -0.25) is 0 Å². The number of nitrogens with zero attached hydrogens (tertiary/aromatic N) is 2. The average molecular weight is 1050 g/mol. The molecule has 0 amide bonds. The van der Waals surface area contributed by atoms with Crippen LogP contribution in [0.2, 0.25) is 0 Å². The monoisotopic (exact) mass is 1040 g/mol. The molecule has 0 saturated heterocycles. The molecule has 0 radical (unpaired) electrons. The van der Waals surface area contributed by atoms with E-state index in [1.54, 1.807) is 0 Å². The highest BCUT2D eigenvalue weighted by Crippen LogP contribution is 2.51. The fourth-order valence-corrected chi connectivity index (χ4v) is 13.2. The number of hydrogen-bond donors (Lipinski definition) is 0. The first-order valence-electron chi connectivity index (χ1n) is 28.0. The van der Waals surface area contributed by atoms with E-state index in [0.29, 0.717) is 0 Å². The fourth-order valence-electron chi connectivity index (χ4n) is 13.2. The van der Waals surface area contributed by atoms with Crippen molar-refractivity contribution >= 4 is 143 Å². The quantitative estimate of drug-likeness (QED) is 0.142. The molecular weight excluding hydrogens is 997 g/mol. The SMILES string of the molecule is c1ccc2cc(N(c3ccc4c(c3)oc3ccccc34)c3ccc4c(-c5cccc6ccccc56)c5cc(N(c6ccc7ccccc7c6)c6ccc7c(c6)oc6ccccc67)ccc5c(-c5cccc6ccccc56)c4c3)ccc2c1. The molecule has 0 aliphatic heterocycles. The van der Waals surface area contributed by atoms with Crippen molar-refractivity contribution in [1.82, 2.24) is 0 Å². The van der Waals surface area contributed by atoms with Crippen molar-refractivity contribution in [3.8, 4) is 22.3 Å². The lowest BCUT2D eigenvalue weighted by molar-refractivity contribution is 0.668. The normalized spacial score (nSPS) is 11.9. The molecule has 0 saturated carbocycles. The Kier molecular flexibility index (Phi) is 10.3. The highest BCUT2D eigenvalue weighted by molar-refractivity contribution is 6.26. The van der Waals surface area contributed by atoms with Gasteiger partial charge in [-0.1, -0.05) is 194 Å². The van der Waals surface area contributed by atoms with Crippen molar-refractivity contribution in [3.63, 3.8) is 0 Å². The van der Waals surface area contributed by atoms with Crippen LogP contribution in [-0.4, -0.2) is 0 Å². The van der Waals surface area contributed by atoms with Gasteiger partial charge in [-0.05, 0) is 172 Å². The van der Waals surface area contributed by atoms with Crippen LogP contribution < -0.4 is 9.80 Å². The van der Waals surface area contributed by atoms with Crippen molar-refractivity contribution in [2.75, 3.05) is 9.80 Å². The summed E-state index contributed by atoms with van der Waals surface area (Å²) in [4.78, 5) is 4.80. The van der Waals surface area contributed by atoms with Crippen LogP contribution in [0, 0.1) is 0 Å². The predicted molar refractivity (Wildman–Crippen MR) is 346 cm³/mol. The summed E-state index contributed by atoms with van der Waals surface area (Å²) in [6, 6.07) is 106.